The highest BCUT2D eigenvalue weighted by Crippen LogP contribution is 2.41. The third kappa shape index (κ3) is 6.94. The molecule has 3 heterocycles. The first-order valence-corrected chi connectivity index (χ1v) is 13.3. The molecule has 39 heavy (non-hydrogen) atoms. The van der Waals surface area contributed by atoms with Crippen LogP contribution in [0.2, 0.25) is 0 Å². The summed E-state index contributed by atoms with van der Waals surface area (Å²) in [6.07, 6.45) is 3.02. The number of hydrogen-bond acceptors (Lipinski definition) is 14. The number of aromatic nitrogens is 1. The lowest BCUT2D eigenvalue weighted by atomic mass is 9.98. The van der Waals surface area contributed by atoms with Gasteiger partial charge in [0.25, 0.3) is 11.8 Å². The van der Waals surface area contributed by atoms with Crippen LogP contribution in [0, 0.1) is 5.41 Å². The fourth-order valence-electron chi connectivity index (χ4n) is 3.36. The fraction of sp³-hybridized carbons (Fsp3) is 0.435. The summed E-state index contributed by atoms with van der Waals surface area (Å²) in [6, 6.07) is -1.05. The largest absolute Gasteiger partial charge is 0.462 e. The van der Waals surface area contributed by atoms with Crippen molar-refractivity contribution in [1.29, 1.82) is 0 Å². The Bertz CT molecular complexity index is 1260. The maximum Gasteiger partial charge on any atom is 0.358 e. The van der Waals surface area contributed by atoms with Crippen LogP contribution in [-0.4, -0.2) is 81.1 Å². The van der Waals surface area contributed by atoms with E-state index in [2.05, 4.69) is 15.5 Å². The number of fused-ring (bicyclic) bond motifs is 1. The number of nitrogen functional groups attached to an aromatic ring is 1. The van der Waals surface area contributed by atoms with E-state index in [0.717, 1.165) is 16.2 Å². The summed E-state index contributed by atoms with van der Waals surface area (Å²) in [7, 11) is 0. The van der Waals surface area contributed by atoms with Gasteiger partial charge in [-0.25, -0.2) is 9.78 Å². The third-order valence-electron chi connectivity index (χ3n) is 5.25. The molecular weight excluding hydrogens is 554 g/mol. The highest BCUT2D eigenvalue weighted by Gasteiger charge is 2.54. The number of esters is 3. The molecule has 0 aromatic carbocycles. The number of anilines is 1. The van der Waals surface area contributed by atoms with Gasteiger partial charge in [0.05, 0.1) is 5.41 Å². The first kappa shape index (κ1) is 29.6. The maximum absolute atomic E-state index is 13.1. The van der Waals surface area contributed by atoms with Gasteiger partial charge in [0.15, 0.2) is 10.8 Å². The maximum atomic E-state index is 13.1. The van der Waals surface area contributed by atoms with Gasteiger partial charge in [-0.1, -0.05) is 11.2 Å². The predicted molar refractivity (Wildman–Crippen MR) is 139 cm³/mol. The SMILES string of the molecule is CC(=O)OC/C=C\C1=C(C(=O)OCOC(=O)C(C)(C)C)N2C(=O)C(NC(=O)/C(=N\O)c3csc(N)n3)C2SC1. The lowest BCUT2D eigenvalue weighted by Gasteiger charge is -2.49. The molecule has 2 unspecified atom stereocenters. The first-order valence-electron chi connectivity index (χ1n) is 11.4. The molecule has 210 valence electrons. The fourth-order valence-corrected chi connectivity index (χ4v) is 5.22. The Morgan fingerprint density at radius 1 is 1.28 bits per heavy atom. The number of nitrogens with two attached hydrogens (primary N) is 1. The van der Waals surface area contributed by atoms with Gasteiger partial charge < -0.3 is 30.5 Å². The minimum atomic E-state index is -1.05. The number of thioether (sulfide) groups is 1. The van der Waals surface area contributed by atoms with Crippen LogP contribution in [0.5, 0.6) is 0 Å². The van der Waals surface area contributed by atoms with Crippen LogP contribution in [0.4, 0.5) is 5.13 Å². The smallest absolute Gasteiger partial charge is 0.358 e. The van der Waals surface area contributed by atoms with Gasteiger partial charge in [0.2, 0.25) is 6.79 Å². The van der Waals surface area contributed by atoms with E-state index in [-0.39, 0.29) is 28.9 Å². The molecule has 4 N–H and O–H groups in total. The Morgan fingerprint density at radius 2 is 2.00 bits per heavy atom. The Labute approximate surface area is 231 Å². The van der Waals surface area contributed by atoms with Crippen molar-refractivity contribution in [3.63, 3.8) is 0 Å². The van der Waals surface area contributed by atoms with E-state index < -0.39 is 59.1 Å². The summed E-state index contributed by atoms with van der Waals surface area (Å²) < 4.78 is 15.0. The number of carbonyl (C=O) groups is 5. The molecule has 1 aromatic rings. The number of hydrogen-bond donors (Lipinski definition) is 3. The van der Waals surface area contributed by atoms with Crippen molar-refractivity contribution in [2.75, 3.05) is 24.9 Å². The lowest BCUT2D eigenvalue weighted by molar-refractivity contribution is -0.173. The Kier molecular flexibility index (Phi) is 9.34. The number of nitrogens with zero attached hydrogens (tertiary/aromatic N) is 3. The number of amides is 2. The number of rotatable bonds is 9. The topological polar surface area (TPSA) is 200 Å². The van der Waals surface area contributed by atoms with Gasteiger partial charge in [-0.3, -0.25) is 24.1 Å². The second kappa shape index (κ2) is 12.3. The Balaban J connectivity index is 1.77. The molecule has 0 radical (unpaired) electrons. The monoisotopic (exact) mass is 581 g/mol. The summed E-state index contributed by atoms with van der Waals surface area (Å²) in [6.45, 7) is 5.43. The standard InChI is InChI=1S/C23H27N5O9S2/c1-11(29)35-7-5-6-12-8-38-19-15(26-17(30)14(27-34)13-9-39-22(24)25-13)18(31)28(19)16(12)20(32)36-10-37-21(33)23(2,3)4/h5-6,9,15,19,34H,7-8,10H2,1-4H3,(H2,24,25)(H,26,30)/b6-5-,27-14-. The summed E-state index contributed by atoms with van der Waals surface area (Å²) in [5.74, 6) is -3.27. The van der Waals surface area contributed by atoms with E-state index >= 15 is 0 Å². The molecule has 14 nitrogen and oxygen atoms in total. The van der Waals surface area contributed by atoms with Crippen molar-refractivity contribution in [1.82, 2.24) is 15.2 Å². The van der Waals surface area contributed by atoms with Crippen LogP contribution in [0.15, 0.2) is 34.0 Å². The molecule has 16 heteroatoms. The van der Waals surface area contributed by atoms with Crippen molar-refractivity contribution in [2.45, 2.75) is 39.1 Å². The van der Waals surface area contributed by atoms with Crippen LogP contribution >= 0.6 is 23.1 Å². The second-order valence-corrected chi connectivity index (χ2v) is 11.2. The van der Waals surface area contributed by atoms with Gasteiger partial charge in [-0.05, 0) is 32.4 Å². The van der Waals surface area contributed by atoms with Gasteiger partial charge in [-0.2, -0.15) is 0 Å². The molecule has 1 fully saturated rings. The number of thiazole rings is 1. The van der Waals surface area contributed by atoms with Gasteiger partial charge in [-0.15, -0.1) is 23.1 Å². The van der Waals surface area contributed by atoms with E-state index in [0.29, 0.717) is 5.57 Å². The van der Waals surface area contributed by atoms with E-state index in [1.54, 1.807) is 20.8 Å². The number of oxime groups is 1. The number of allylic oxidation sites excluding steroid dienone is 1. The summed E-state index contributed by atoms with van der Waals surface area (Å²) in [4.78, 5) is 67.0. The lowest BCUT2D eigenvalue weighted by Crippen LogP contribution is -2.71. The number of β-lactam (4-membered cyclic amide) rings is 1. The van der Waals surface area contributed by atoms with Gasteiger partial charge >= 0.3 is 17.9 Å². The molecule has 1 saturated heterocycles. The average Bonchev–Trinajstić information content (AvgIpc) is 3.29. The van der Waals surface area contributed by atoms with E-state index in [4.69, 9.17) is 19.9 Å². The molecule has 2 amide bonds. The first-order chi connectivity index (χ1) is 18.3. The molecule has 2 atom stereocenters. The normalized spacial score (nSPS) is 19.3. The van der Waals surface area contributed by atoms with Crippen molar-refractivity contribution >= 4 is 63.7 Å². The number of nitrogens with one attached hydrogen (secondary N) is 1. The van der Waals surface area contributed by atoms with E-state index in [1.807, 2.05) is 0 Å². The number of ether oxygens (including phenoxy) is 3. The summed E-state index contributed by atoms with van der Waals surface area (Å²) in [5.41, 5.74) is 4.65. The zero-order chi connectivity index (χ0) is 28.9. The highest BCUT2D eigenvalue weighted by atomic mass is 32.2. The minimum Gasteiger partial charge on any atom is -0.462 e. The minimum absolute atomic E-state index is 0.0339. The Hall–Kier alpha value is -3.92. The van der Waals surface area contributed by atoms with Gasteiger partial charge in [0, 0.05) is 18.1 Å². The second-order valence-electron chi connectivity index (χ2n) is 9.19. The van der Waals surface area contributed by atoms with E-state index in [1.165, 1.54) is 36.2 Å². The summed E-state index contributed by atoms with van der Waals surface area (Å²) >= 11 is 2.29. The average molecular weight is 582 g/mol. The third-order valence-corrected chi connectivity index (χ3v) is 7.23. The molecule has 2 aliphatic heterocycles. The molecule has 1 aromatic heterocycles. The van der Waals surface area contributed by atoms with Crippen LogP contribution in [-0.2, 0) is 38.2 Å². The zero-order valence-corrected chi connectivity index (χ0v) is 23.1. The molecule has 0 saturated carbocycles. The quantitative estimate of drug-likeness (QED) is 0.0925. The Morgan fingerprint density at radius 3 is 2.59 bits per heavy atom. The molecular formula is C23H27N5O9S2. The molecule has 2 aliphatic rings. The van der Waals surface area contributed by atoms with Crippen LogP contribution in [0.3, 0.4) is 0 Å². The summed E-state index contributed by atoms with van der Waals surface area (Å²) in [5, 5.41) is 15.7. The van der Waals surface area contributed by atoms with Crippen molar-refractivity contribution in [3.05, 3.63) is 34.5 Å². The molecule has 3 rings (SSSR count). The van der Waals surface area contributed by atoms with Crippen molar-refractivity contribution in [3.8, 4) is 0 Å². The van der Waals surface area contributed by atoms with Crippen LogP contribution in [0.25, 0.3) is 0 Å². The van der Waals surface area contributed by atoms with Gasteiger partial charge in [0.1, 0.15) is 29.4 Å². The van der Waals surface area contributed by atoms with E-state index in [9.17, 15) is 29.2 Å². The van der Waals surface area contributed by atoms with Crippen LogP contribution < -0.4 is 11.1 Å². The van der Waals surface area contributed by atoms with Crippen LogP contribution in [0.1, 0.15) is 33.4 Å². The predicted octanol–water partition coefficient (Wildman–Crippen LogP) is 0.767. The zero-order valence-electron chi connectivity index (χ0n) is 21.5. The molecule has 0 bridgehead atoms. The molecule has 0 spiro atoms. The van der Waals surface area contributed by atoms with Crippen molar-refractivity contribution in [2.24, 2.45) is 10.6 Å². The van der Waals surface area contributed by atoms with Crippen molar-refractivity contribution < 1.29 is 43.4 Å². The molecule has 0 aliphatic carbocycles. The number of carbonyl (C=O) groups excluding carboxylic acids is 5. The highest BCUT2D eigenvalue weighted by molar-refractivity contribution is 8.00.